The van der Waals surface area contributed by atoms with Crippen LogP contribution in [0, 0.1) is 6.92 Å². The Morgan fingerprint density at radius 3 is 2.59 bits per heavy atom. The predicted molar refractivity (Wildman–Crippen MR) is 86.1 cm³/mol. The molecule has 0 unspecified atom stereocenters. The summed E-state index contributed by atoms with van der Waals surface area (Å²) in [5.74, 6) is 0.426. The number of carbonyl (C=O) groups excluding carboxylic acids is 1. The van der Waals surface area contributed by atoms with E-state index in [9.17, 15) is 4.79 Å². The van der Waals surface area contributed by atoms with Gasteiger partial charge in [0.25, 0.3) is 5.91 Å². The largest absolute Gasteiger partial charge is 0.347 e. The Kier molecular flexibility index (Phi) is 4.92. The molecular weight excluding hydrogens is 302 g/mol. The van der Waals surface area contributed by atoms with E-state index in [1.807, 2.05) is 20.2 Å². The summed E-state index contributed by atoms with van der Waals surface area (Å²) in [7, 11) is 5.42. The molecule has 0 bridgehead atoms. The van der Waals surface area contributed by atoms with Crippen molar-refractivity contribution >= 4 is 23.5 Å². The fourth-order valence-corrected chi connectivity index (χ4v) is 2.13. The number of rotatable bonds is 4. The minimum absolute atomic E-state index is 0.150. The molecule has 0 atom stereocenters. The van der Waals surface area contributed by atoms with Crippen molar-refractivity contribution in [2.75, 3.05) is 26.0 Å². The average molecular weight is 320 g/mol. The van der Waals surface area contributed by atoms with Crippen molar-refractivity contribution < 1.29 is 4.79 Å². The van der Waals surface area contributed by atoms with Gasteiger partial charge in [0, 0.05) is 45.6 Å². The number of hydrogen-bond donors (Lipinski definition) is 0. The molecule has 0 saturated carbocycles. The van der Waals surface area contributed by atoms with Gasteiger partial charge in [-0.05, 0) is 13.0 Å². The number of amides is 1. The molecule has 2 aromatic heterocycles. The third-order valence-corrected chi connectivity index (χ3v) is 3.53. The summed E-state index contributed by atoms with van der Waals surface area (Å²) >= 11 is 6.03. The van der Waals surface area contributed by atoms with Crippen LogP contribution < -0.4 is 4.90 Å². The Bertz CT molecular complexity index is 689. The van der Waals surface area contributed by atoms with Gasteiger partial charge >= 0.3 is 0 Å². The molecule has 0 aliphatic heterocycles. The van der Waals surface area contributed by atoms with Gasteiger partial charge in [0.05, 0.1) is 11.3 Å². The van der Waals surface area contributed by atoms with Gasteiger partial charge in [-0.25, -0.2) is 15.0 Å². The van der Waals surface area contributed by atoms with E-state index in [0.717, 1.165) is 5.56 Å². The van der Waals surface area contributed by atoms with Crippen molar-refractivity contribution in [3.63, 3.8) is 0 Å². The van der Waals surface area contributed by atoms with Gasteiger partial charge in [-0.2, -0.15) is 0 Å². The smallest absolute Gasteiger partial charge is 0.257 e. The summed E-state index contributed by atoms with van der Waals surface area (Å²) in [6.07, 6.45) is 3.17. The van der Waals surface area contributed by atoms with Crippen LogP contribution >= 0.6 is 11.6 Å². The van der Waals surface area contributed by atoms with Gasteiger partial charge in [0.15, 0.2) is 0 Å². The Morgan fingerprint density at radius 2 is 2.00 bits per heavy atom. The number of aryl methyl sites for hydroxylation is 1. The topological polar surface area (TPSA) is 62.2 Å². The minimum Gasteiger partial charge on any atom is -0.347 e. The fourth-order valence-electron chi connectivity index (χ4n) is 1.95. The maximum atomic E-state index is 12.5. The van der Waals surface area contributed by atoms with Crippen LogP contribution in [0.5, 0.6) is 0 Å². The van der Waals surface area contributed by atoms with E-state index in [0.29, 0.717) is 28.9 Å². The predicted octanol–water partition coefficient (Wildman–Crippen LogP) is 2.17. The number of carbonyl (C=O) groups is 1. The molecule has 7 heteroatoms. The molecule has 22 heavy (non-hydrogen) atoms. The summed E-state index contributed by atoms with van der Waals surface area (Å²) in [4.78, 5) is 28.4. The highest BCUT2D eigenvalue weighted by atomic mass is 35.5. The van der Waals surface area contributed by atoms with Crippen LogP contribution in [0.1, 0.15) is 21.6 Å². The van der Waals surface area contributed by atoms with Gasteiger partial charge < -0.3 is 9.80 Å². The lowest BCUT2D eigenvalue weighted by atomic mass is 10.2. The highest BCUT2D eigenvalue weighted by molar-refractivity contribution is 6.30. The lowest BCUT2D eigenvalue weighted by Gasteiger charge is -2.19. The van der Waals surface area contributed by atoms with Crippen LogP contribution in [0.15, 0.2) is 24.5 Å². The second-order valence-corrected chi connectivity index (χ2v) is 5.54. The summed E-state index contributed by atoms with van der Waals surface area (Å²) in [6, 6.07) is 3.64. The molecule has 0 aliphatic rings. The first-order chi connectivity index (χ1) is 10.4. The molecule has 0 fully saturated rings. The average Bonchev–Trinajstić information content (AvgIpc) is 2.48. The van der Waals surface area contributed by atoms with Gasteiger partial charge in [0.2, 0.25) is 5.95 Å². The molecule has 2 heterocycles. The molecule has 0 N–H and O–H groups in total. The number of anilines is 1. The van der Waals surface area contributed by atoms with E-state index in [2.05, 4.69) is 15.0 Å². The molecule has 0 aliphatic carbocycles. The number of hydrogen-bond acceptors (Lipinski definition) is 5. The highest BCUT2D eigenvalue weighted by Gasteiger charge is 2.17. The van der Waals surface area contributed by atoms with Crippen LogP contribution in [-0.4, -0.2) is 46.9 Å². The van der Waals surface area contributed by atoms with Crippen LogP contribution in [0.3, 0.4) is 0 Å². The summed E-state index contributed by atoms with van der Waals surface area (Å²) in [5, 5.41) is 0.401. The molecular formula is C15H18ClN5O. The SMILES string of the molecule is Cc1nc(N(C)C)ncc1C(=O)N(C)Cc1cccnc1Cl. The lowest BCUT2D eigenvalue weighted by Crippen LogP contribution is -2.28. The van der Waals surface area contributed by atoms with E-state index < -0.39 is 0 Å². The number of aromatic nitrogens is 3. The zero-order chi connectivity index (χ0) is 16.3. The number of pyridine rings is 1. The van der Waals surface area contributed by atoms with Gasteiger partial charge in [0.1, 0.15) is 5.15 Å². The van der Waals surface area contributed by atoms with Gasteiger partial charge in [-0.15, -0.1) is 0 Å². The second-order valence-electron chi connectivity index (χ2n) is 5.18. The van der Waals surface area contributed by atoms with Crippen molar-refractivity contribution in [2.24, 2.45) is 0 Å². The first kappa shape index (κ1) is 16.2. The van der Waals surface area contributed by atoms with E-state index in [-0.39, 0.29) is 5.91 Å². The first-order valence-electron chi connectivity index (χ1n) is 6.76. The van der Waals surface area contributed by atoms with Crippen molar-refractivity contribution in [3.8, 4) is 0 Å². The first-order valence-corrected chi connectivity index (χ1v) is 7.13. The third kappa shape index (κ3) is 3.51. The van der Waals surface area contributed by atoms with Crippen LogP contribution in [0.4, 0.5) is 5.95 Å². The second kappa shape index (κ2) is 6.70. The maximum Gasteiger partial charge on any atom is 0.257 e. The zero-order valence-electron chi connectivity index (χ0n) is 13.0. The molecule has 6 nitrogen and oxygen atoms in total. The Morgan fingerprint density at radius 1 is 1.27 bits per heavy atom. The van der Waals surface area contributed by atoms with Gasteiger partial charge in [-0.3, -0.25) is 4.79 Å². The third-order valence-electron chi connectivity index (χ3n) is 3.19. The summed E-state index contributed by atoms with van der Waals surface area (Å²) in [5.41, 5.74) is 1.92. The Hall–Kier alpha value is -2.21. The van der Waals surface area contributed by atoms with E-state index in [1.54, 1.807) is 42.2 Å². The van der Waals surface area contributed by atoms with Crippen molar-refractivity contribution in [3.05, 3.63) is 46.5 Å². The highest BCUT2D eigenvalue weighted by Crippen LogP contribution is 2.16. The quantitative estimate of drug-likeness (QED) is 0.808. The molecule has 2 rings (SSSR count). The molecule has 0 radical (unpaired) electrons. The monoisotopic (exact) mass is 319 g/mol. The maximum absolute atomic E-state index is 12.5. The van der Waals surface area contributed by atoms with Crippen LogP contribution in [0.2, 0.25) is 5.15 Å². The van der Waals surface area contributed by atoms with E-state index >= 15 is 0 Å². The van der Waals surface area contributed by atoms with Gasteiger partial charge in [-0.1, -0.05) is 17.7 Å². The molecule has 1 amide bonds. The van der Waals surface area contributed by atoms with E-state index in [1.165, 1.54) is 0 Å². The zero-order valence-corrected chi connectivity index (χ0v) is 13.8. The summed E-state index contributed by atoms with van der Waals surface area (Å²) < 4.78 is 0. The molecule has 0 saturated heterocycles. The van der Waals surface area contributed by atoms with E-state index in [4.69, 9.17) is 11.6 Å². The normalized spacial score (nSPS) is 10.4. The standard InChI is InChI=1S/C15H18ClN5O/c1-10-12(8-18-15(19-10)20(2)3)14(22)21(4)9-11-6-5-7-17-13(11)16/h5-8H,9H2,1-4H3. The Labute approximate surface area is 134 Å². The van der Waals surface area contributed by atoms with Crippen molar-refractivity contribution in [1.82, 2.24) is 19.9 Å². The lowest BCUT2D eigenvalue weighted by molar-refractivity contribution is 0.0783. The minimum atomic E-state index is -0.150. The molecule has 0 spiro atoms. The van der Waals surface area contributed by atoms with Crippen LogP contribution in [-0.2, 0) is 6.54 Å². The molecule has 0 aromatic carbocycles. The van der Waals surface area contributed by atoms with Crippen molar-refractivity contribution in [1.29, 1.82) is 0 Å². The fraction of sp³-hybridized carbons (Fsp3) is 0.333. The van der Waals surface area contributed by atoms with Crippen molar-refractivity contribution in [2.45, 2.75) is 13.5 Å². The van der Waals surface area contributed by atoms with Crippen LogP contribution in [0.25, 0.3) is 0 Å². The number of nitrogens with zero attached hydrogens (tertiary/aromatic N) is 5. The number of halogens is 1. The molecule has 2 aromatic rings. The molecule has 116 valence electrons. The summed E-state index contributed by atoms with van der Waals surface area (Å²) in [6.45, 7) is 2.17. The Balaban J connectivity index is 2.19.